The van der Waals surface area contributed by atoms with Crippen LogP contribution >= 0.6 is 15.9 Å². The van der Waals surface area contributed by atoms with E-state index in [0.29, 0.717) is 23.3 Å². The molecule has 1 aliphatic heterocycles. The molecule has 0 aromatic heterocycles. The third-order valence-electron chi connectivity index (χ3n) is 4.24. The SMILES string of the molecule is COc1ccc(S(=O)(=O)Nc2ccc(S(=O)(=O)N3CCCC3)cc2)cc1Br. The van der Waals surface area contributed by atoms with Crippen LogP contribution in [-0.2, 0) is 20.0 Å². The van der Waals surface area contributed by atoms with Crippen molar-refractivity contribution in [1.29, 1.82) is 0 Å². The fourth-order valence-electron chi connectivity index (χ4n) is 2.80. The molecule has 3 rings (SSSR count). The molecule has 0 bridgehead atoms. The van der Waals surface area contributed by atoms with E-state index in [1.165, 1.54) is 47.8 Å². The summed E-state index contributed by atoms with van der Waals surface area (Å²) in [6.45, 7) is 1.03. The molecule has 1 saturated heterocycles. The lowest BCUT2D eigenvalue weighted by Gasteiger charge is -2.16. The molecule has 10 heteroatoms. The minimum absolute atomic E-state index is 0.0592. The lowest BCUT2D eigenvalue weighted by Crippen LogP contribution is -2.27. The Balaban J connectivity index is 1.80. The molecule has 1 aliphatic rings. The summed E-state index contributed by atoms with van der Waals surface area (Å²) >= 11 is 3.26. The molecule has 0 saturated carbocycles. The van der Waals surface area contributed by atoms with Crippen LogP contribution in [0.4, 0.5) is 5.69 Å². The summed E-state index contributed by atoms with van der Waals surface area (Å²) in [4.78, 5) is 0.212. The van der Waals surface area contributed by atoms with E-state index in [9.17, 15) is 16.8 Å². The number of sulfonamides is 2. The number of methoxy groups -OCH3 is 1. The second-order valence-electron chi connectivity index (χ2n) is 6.04. The second-order valence-corrected chi connectivity index (χ2v) is 10.5. The third-order valence-corrected chi connectivity index (χ3v) is 8.15. The van der Waals surface area contributed by atoms with Crippen molar-refractivity contribution in [3.63, 3.8) is 0 Å². The topological polar surface area (TPSA) is 92.8 Å². The van der Waals surface area contributed by atoms with Gasteiger partial charge in [-0.05, 0) is 71.2 Å². The fraction of sp³-hybridized carbons (Fsp3) is 0.294. The smallest absolute Gasteiger partial charge is 0.261 e. The van der Waals surface area contributed by atoms with Gasteiger partial charge in [0.05, 0.1) is 21.4 Å². The van der Waals surface area contributed by atoms with Crippen molar-refractivity contribution in [2.75, 3.05) is 24.9 Å². The molecule has 7 nitrogen and oxygen atoms in total. The summed E-state index contributed by atoms with van der Waals surface area (Å²) in [6.07, 6.45) is 1.71. The van der Waals surface area contributed by atoms with Crippen molar-refractivity contribution >= 4 is 41.7 Å². The van der Waals surface area contributed by atoms with Crippen LogP contribution < -0.4 is 9.46 Å². The number of hydrogen-bond acceptors (Lipinski definition) is 5. The van der Waals surface area contributed by atoms with Crippen molar-refractivity contribution in [2.24, 2.45) is 0 Å². The Morgan fingerprint density at radius 1 is 0.963 bits per heavy atom. The standard InChI is InChI=1S/C17H19BrN2O5S2/c1-25-17-9-8-15(12-16(17)18)26(21,22)19-13-4-6-14(7-5-13)27(23,24)20-10-2-3-11-20/h4-9,12,19H,2-3,10-11H2,1H3. The van der Waals surface area contributed by atoms with Gasteiger partial charge in [0, 0.05) is 18.8 Å². The highest BCUT2D eigenvalue weighted by atomic mass is 79.9. The molecule has 0 aliphatic carbocycles. The first kappa shape index (κ1) is 20.1. The maximum Gasteiger partial charge on any atom is 0.261 e. The Bertz CT molecular complexity index is 1030. The summed E-state index contributed by atoms with van der Waals surface area (Å²) in [5, 5.41) is 0. The third kappa shape index (κ3) is 4.29. The monoisotopic (exact) mass is 474 g/mol. The predicted molar refractivity (Wildman–Crippen MR) is 106 cm³/mol. The molecule has 0 spiro atoms. The number of halogens is 1. The van der Waals surface area contributed by atoms with E-state index < -0.39 is 20.0 Å². The molecule has 2 aromatic rings. The Morgan fingerprint density at radius 3 is 2.11 bits per heavy atom. The normalized spacial score (nSPS) is 15.6. The molecule has 0 unspecified atom stereocenters. The zero-order valence-corrected chi connectivity index (χ0v) is 17.8. The van der Waals surface area contributed by atoms with Crippen molar-refractivity contribution in [3.05, 3.63) is 46.9 Å². The van der Waals surface area contributed by atoms with E-state index in [0.717, 1.165) is 12.8 Å². The fourth-order valence-corrected chi connectivity index (χ4v) is 6.09. The molecular formula is C17H19BrN2O5S2. The summed E-state index contributed by atoms with van der Waals surface area (Å²) in [5.74, 6) is 0.519. The quantitative estimate of drug-likeness (QED) is 0.694. The van der Waals surface area contributed by atoms with Crippen LogP contribution in [0.3, 0.4) is 0 Å². The summed E-state index contributed by atoms with van der Waals surface area (Å²) in [7, 11) is -5.86. The molecular weight excluding hydrogens is 456 g/mol. The minimum Gasteiger partial charge on any atom is -0.496 e. The van der Waals surface area contributed by atoms with Gasteiger partial charge >= 0.3 is 0 Å². The number of rotatable bonds is 6. The highest BCUT2D eigenvalue weighted by Gasteiger charge is 2.27. The number of ether oxygens (including phenoxy) is 1. The van der Waals surface area contributed by atoms with Crippen LogP contribution in [0, 0.1) is 0 Å². The van der Waals surface area contributed by atoms with Gasteiger partial charge in [-0.2, -0.15) is 4.31 Å². The average Bonchev–Trinajstić information content (AvgIpc) is 3.17. The molecule has 0 amide bonds. The van der Waals surface area contributed by atoms with E-state index in [4.69, 9.17) is 4.74 Å². The first-order valence-corrected chi connectivity index (χ1v) is 11.9. The number of benzene rings is 2. The Morgan fingerprint density at radius 2 is 1.56 bits per heavy atom. The summed E-state index contributed by atoms with van der Waals surface area (Å²) < 4.78 is 59.6. The van der Waals surface area contributed by atoms with E-state index in [2.05, 4.69) is 20.7 Å². The lowest BCUT2D eigenvalue weighted by atomic mass is 10.3. The molecule has 0 atom stereocenters. The van der Waals surface area contributed by atoms with Gasteiger partial charge < -0.3 is 4.74 Å². The van der Waals surface area contributed by atoms with E-state index in [-0.39, 0.29) is 15.5 Å². The molecule has 1 fully saturated rings. The van der Waals surface area contributed by atoms with Crippen LogP contribution in [0.2, 0.25) is 0 Å². The largest absolute Gasteiger partial charge is 0.496 e. The maximum atomic E-state index is 12.5. The molecule has 146 valence electrons. The average molecular weight is 475 g/mol. The Hall–Kier alpha value is -1.62. The van der Waals surface area contributed by atoms with E-state index in [1.54, 1.807) is 6.07 Å². The van der Waals surface area contributed by atoms with Gasteiger partial charge in [0.1, 0.15) is 5.75 Å². The van der Waals surface area contributed by atoms with Gasteiger partial charge in [0.25, 0.3) is 10.0 Å². The van der Waals surface area contributed by atoms with Crippen LogP contribution in [0.15, 0.2) is 56.7 Å². The molecule has 0 radical (unpaired) electrons. The Kier molecular flexibility index (Phi) is 5.80. The molecule has 27 heavy (non-hydrogen) atoms. The number of nitrogens with one attached hydrogen (secondary N) is 1. The highest BCUT2D eigenvalue weighted by molar-refractivity contribution is 9.10. The van der Waals surface area contributed by atoms with Crippen LogP contribution in [-0.4, -0.2) is 41.3 Å². The summed E-state index contributed by atoms with van der Waals surface area (Å²) in [6, 6.07) is 10.1. The predicted octanol–water partition coefficient (Wildman–Crippen LogP) is 3.04. The van der Waals surface area contributed by atoms with Crippen molar-refractivity contribution in [2.45, 2.75) is 22.6 Å². The first-order chi connectivity index (χ1) is 12.7. The van der Waals surface area contributed by atoms with Gasteiger partial charge in [0.15, 0.2) is 0 Å². The molecule has 2 aromatic carbocycles. The van der Waals surface area contributed by atoms with E-state index in [1.807, 2.05) is 0 Å². The number of anilines is 1. The van der Waals surface area contributed by atoms with Crippen LogP contribution in [0.5, 0.6) is 5.75 Å². The first-order valence-electron chi connectivity index (χ1n) is 8.20. The summed E-state index contributed by atoms with van der Waals surface area (Å²) in [5.41, 5.74) is 0.280. The van der Waals surface area contributed by atoms with Gasteiger partial charge in [-0.1, -0.05) is 0 Å². The van der Waals surface area contributed by atoms with Gasteiger partial charge in [-0.15, -0.1) is 0 Å². The molecule has 1 N–H and O–H groups in total. The zero-order valence-electron chi connectivity index (χ0n) is 14.6. The Labute approximate surface area is 167 Å². The molecule has 1 heterocycles. The number of nitrogens with zero attached hydrogens (tertiary/aromatic N) is 1. The van der Waals surface area contributed by atoms with E-state index >= 15 is 0 Å². The minimum atomic E-state index is -3.82. The van der Waals surface area contributed by atoms with Gasteiger partial charge in [0.2, 0.25) is 10.0 Å². The lowest BCUT2D eigenvalue weighted by molar-refractivity contribution is 0.411. The van der Waals surface area contributed by atoms with Crippen molar-refractivity contribution in [3.8, 4) is 5.75 Å². The van der Waals surface area contributed by atoms with Gasteiger partial charge in [-0.3, -0.25) is 4.72 Å². The van der Waals surface area contributed by atoms with Gasteiger partial charge in [-0.25, -0.2) is 16.8 Å². The second kappa shape index (κ2) is 7.78. The zero-order chi connectivity index (χ0) is 19.7. The van der Waals surface area contributed by atoms with Crippen LogP contribution in [0.1, 0.15) is 12.8 Å². The van der Waals surface area contributed by atoms with Crippen molar-refractivity contribution < 1.29 is 21.6 Å². The van der Waals surface area contributed by atoms with Crippen LogP contribution in [0.25, 0.3) is 0 Å². The maximum absolute atomic E-state index is 12.5. The highest BCUT2D eigenvalue weighted by Crippen LogP contribution is 2.29. The van der Waals surface area contributed by atoms with Crippen molar-refractivity contribution in [1.82, 2.24) is 4.31 Å². The number of hydrogen-bond donors (Lipinski definition) is 1.